The molecule has 2 rings (SSSR count). The molecule has 1 amide bonds. The number of fused-ring (bicyclic) bond motifs is 1. The zero-order valence-electron chi connectivity index (χ0n) is 12.5. The molecule has 23 heavy (non-hydrogen) atoms. The zero-order valence-corrected chi connectivity index (χ0v) is 13.3. The number of anilines is 1. The van der Waals surface area contributed by atoms with E-state index in [-0.39, 0.29) is 17.6 Å². The Bertz CT molecular complexity index is 687. The molecule has 0 aliphatic carbocycles. The maximum atomic E-state index is 12.2. The first kappa shape index (κ1) is 17.5. The third-order valence-corrected chi connectivity index (χ3v) is 3.88. The van der Waals surface area contributed by atoms with E-state index in [2.05, 4.69) is 15.6 Å². The van der Waals surface area contributed by atoms with Crippen LogP contribution in [0.25, 0.3) is 10.2 Å². The Kier molecular flexibility index (Phi) is 5.42. The van der Waals surface area contributed by atoms with E-state index in [1.807, 2.05) is 0 Å². The van der Waals surface area contributed by atoms with Gasteiger partial charge in [0.25, 0.3) is 0 Å². The summed E-state index contributed by atoms with van der Waals surface area (Å²) in [4.78, 5) is 16.2. The summed E-state index contributed by atoms with van der Waals surface area (Å²) in [7, 11) is 1.75. The Hall–Kier alpha value is -1.87. The van der Waals surface area contributed by atoms with E-state index in [1.54, 1.807) is 20.0 Å². The van der Waals surface area contributed by atoms with Crippen LogP contribution in [0.5, 0.6) is 5.75 Å². The van der Waals surface area contributed by atoms with Crippen molar-refractivity contribution in [2.75, 3.05) is 25.5 Å². The van der Waals surface area contributed by atoms with Crippen molar-refractivity contribution in [2.24, 2.45) is 5.92 Å². The summed E-state index contributed by atoms with van der Waals surface area (Å²) < 4.78 is 41.8. The molecular weight excluding hydrogens is 331 g/mol. The molecule has 1 heterocycles. The summed E-state index contributed by atoms with van der Waals surface area (Å²) in [5, 5.41) is 6.01. The van der Waals surface area contributed by atoms with Gasteiger partial charge < -0.3 is 15.4 Å². The van der Waals surface area contributed by atoms with Crippen molar-refractivity contribution in [1.29, 1.82) is 0 Å². The van der Waals surface area contributed by atoms with Gasteiger partial charge in [0.05, 0.1) is 10.2 Å². The molecule has 0 radical (unpaired) electrons. The van der Waals surface area contributed by atoms with Crippen LogP contribution >= 0.6 is 11.3 Å². The molecule has 1 atom stereocenters. The van der Waals surface area contributed by atoms with Gasteiger partial charge in [0, 0.05) is 12.5 Å². The lowest BCUT2D eigenvalue weighted by Gasteiger charge is -2.08. The molecule has 0 aliphatic rings. The van der Waals surface area contributed by atoms with Gasteiger partial charge in [-0.25, -0.2) is 4.98 Å². The number of aromatic nitrogens is 1. The third-order valence-electron chi connectivity index (χ3n) is 2.95. The van der Waals surface area contributed by atoms with Crippen molar-refractivity contribution < 1.29 is 22.7 Å². The van der Waals surface area contributed by atoms with Gasteiger partial charge in [-0.1, -0.05) is 18.3 Å². The van der Waals surface area contributed by atoms with E-state index >= 15 is 0 Å². The number of alkyl halides is 3. The smallest absolute Gasteiger partial charge is 0.422 e. The van der Waals surface area contributed by atoms with Gasteiger partial charge in [-0.3, -0.25) is 4.79 Å². The molecule has 1 unspecified atom stereocenters. The van der Waals surface area contributed by atoms with Crippen LogP contribution in [0.3, 0.4) is 0 Å². The Labute approximate surface area is 134 Å². The highest BCUT2D eigenvalue weighted by atomic mass is 32.1. The predicted molar refractivity (Wildman–Crippen MR) is 82.9 cm³/mol. The van der Waals surface area contributed by atoms with Crippen LogP contribution in [0.2, 0.25) is 0 Å². The van der Waals surface area contributed by atoms with Gasteiger partial charge in [-0.15, -0.1) is 0 Å². The normalized spacial score (nSPS) is 13.1. The van der Waals surface area contributed by atoms with Crippen LogP contribution in [-0.2, 0) is 4.79 Å². The minimum absolute atomic E-state index is 0.111. The summed E-state index contributed by atoms with van der Waals surface area (Å²) in [6.45, 7) is 0.969. The van der Waals surface area contributed by atoms with E-state index in [4.69, 9.17) is 4.74 Å². The van der Waals surface area contributed by atoms with E-state index in [0.717, 1.165) is 0 Å². The molecule has 2 aromatic rings. The second-order valence-electron chi connectivity index (χ2n) is 5.00. The number of halogens is 3. The van der Waals surface area contributed by atoms with Gasteiger partial charge in [0.15, 0.2) is 11.7 Å². The number of carbonyl (C=O) groups excluding carboxylic acids is 1. The van der Waals surface area contributed by atoms with Crippen LogP contribution in [0, 0.1) is 5.92 Å². The average molecular weight is 347 g/mol. The molecule has 0 fully saturated rings. The standard InChI is InChI=1S/C14H16F3N3O2S/c1-8(6-18-2)12(21)20-13-19-10-4-3-9(5-11(10)23-13)22-7-14(15,16)17/h3-5,8,18H,6-7H2,1-2H3,(H,19,20,21). The zero-order chi connectivity index (χ0) is 17.0. The fraction of sp³-hybridized carbons (Fsp3) is 0.429. The quantitative estimate of drug-likeness (QED) is 0.843. The number of nitrogens with zero attached hydrogens (tertiary/aromatic N) is 1. The van der Waals surface area contributed by atoms with Crippen molar-refractivity contribution in [3.63, 3.8) is 0 Å². The summed E-state index contributed by atoms with van der Waals surface area (Å²) in [6, 6.07) is 4.46. The number of hydrogen-bond donors (Lipinski definition) is 2. The Morgan fingerprint density at radius 3 is 2.83 bits per heavy atom. The van der Waals surface area contributed by atoms with Crippen molar-refractivity contribution in [1.82, 2.24) is 10.3 Å². The molecular formula is C14H16F3N3O2S. The maximum Gasteiger partial charge on any atom is 0.422 e. The minimum atomic E-state index is -4.38. The average Bonchev–Trinajstić information content (AvgIpc) is 2.85. The molecule has 126 valence electrons. The van der Waals surface area contributed by atoms with Gasteiger partial charge in [0.1, 0.15) is 5.75 Å². The highest BCUT2D eigenvalue weighted by molar-refractivity contribution is 7.22. The number of amides is 1. The lowest BCUT2D eigenvalue weighted by molar-refractivity contribution is -0.153. The molecule has 0 bridgehead atoms. The van der Waals surface area contributed by atoms with Gasteiger partial charge in [-0.05, 0) is 25.2 Å². The number of nitrogens with one attached hydrogen (secondary N) is 2. The highest BCUT2D eigenvalue weighted by Gasteiger charge is 2.28. The molecule has 1 aromatic heterocycles. The number of carbonyl (C=O) groups is 1. The van der Waals surface area contributed by atoms with E-state index < -0.39 is 12.8 Å². The van der Waals surface area contributed by atoms with Crippen molar-refractivity contribution in [2.45, 2.75) is 13.1 Å². The van der Waals surface area contributed by atoms with Crippen LogP contribution in [0.1, 0.15) is 6.92 Å². The summed E-state index contributed by atoms with van der Waals surface area (Å²) in [6.07, 6.45) is -4.38. The first-order valence-electron chi connectivity index (χ1n) is 6.84. The summed E-state index contributed by atoms with van der Waals surface area (Å²) in [5.74, 6) is -0.287. The van der Waals surface area contributed by atoms with Gasteiger partial charge in [-0.2, -0.15) is 13.2 Å². The molecule has 2 N–H and O–H groups in total. The number of thiazole rings is 1. The summed E-state index contributed by atoms with van der Waals surface area (Å²) >= 11 is 1.18. The number of benzene rings is 1. The maximum absolute atomic E-state index is 12.2. The molecule has 0 saturated carbocycles. The number of hydrogen-bond acceptors (Lipinski definition) is 5. The van der Waals surface area contributed by atoms with Crippen LogP contribution in [0.15, 0.2) is 18.2 Å². The monoisotopic (exact) mass is 347 g/mol. The van der Waals surface area contributed by atoms with Crippen molar-refractivity contribution in [3.8, 4) is 5.75 Å². The molecule has 0 spiro atoms. The lowest BCUT2D eigenvalue weighted by atomic mass is 10.2. The first-order valence-corrected chi connectivity index (χ1v) is 7.66. The Balaban J connectivity index is 2.08. The van der Waals surface area contributed by atoms with Crippen LogP contribution < -0.4 is 15.4 Å². The molecule has 9 heteroatoms. The second-order valence-corrected chi connectivity index (χ2v) is 6.03. The number of rotatable bonds is 6. The first-order chi connectivity index (χ1) is 10.8. The Morgan fingerprint density at radius 1 is 1.43 bits per heavy atom. The summed E-state index contributed by atoms with van der Waals surface area (Å²) in [5.41, 5.74) is 0.589. The van der Waals surface area contributed by atoms with E-state index in [9.17, 15) is 18.0 Å². The van der Waals surface area contributed by atoms with E-state index in [0.29, 0.717) is 21.9 Å². The van der Waals surface area contributed by atoms with Crippen LogP contribution in [0.4, 0.5) is 18.3 Å². The molecule has 0 saturated heterocycles. The van der Waals surface area contributed by atoms with Gasteiger partial charge >= 0.3 is 6.18 Å². The largest absolute Gasteiger partial charge is 0.484 e. The molecule has 5 nitrogen and oxygen atoms in total. The topological polar surface area (TPSA) is 63.2 Å². The Morgan fingerprint density at radius 2 is 2.17 bits per heavy atom. The van der Waals surface area contributed by atoms with Crippen molar-refractivity contribution in [3.05, 3.63) is 18.2 Å². The molecule has 0 aliphatic heterocycles. The number of ether oxygens (including phenoxy) is 1. The lowest BCUT2D eigenvalue weighted by Crippen LogP contribution is -2.28. The van der Waals surface area contributed by atoms with Crippen LogP contribution in [-0.4, -0.2) is 37.3 Å². The fourth-order valence-corrected chi connectivity index (χ4v) is 2.74. The van der Waals surface area contributed by atoms with Crippen molar-refractivity contribution >= 4 is 32.6 Å². The fourth-order valence-electron chi connectivity index (χ4n) is 1.84. The third kappa shape index (κ3) is 5.07. The predicted octanol–water partition coefficient (Wildman–Crippen LogP) is 3.03. The minimum Gasteiger partial charge on any atom is -0.484 e. The van der Waals surface area contributed by atoms with E-state index in [1.165, 1.54) is 23.5 Å². The van der Waals surface area contributed by atoms with Gasteiger partial charge in [0.2, 0.25) is 5.91 Å². The highest BCUT2D eigenvalue weighted by Crippen LogP contribution is 2.30. The SMILES string of the molecule is CNCC(C)C(=O)Nc1nc2ccc(OCC(F)(F)F)cc2s1. The second kappa shape index (κ2) is 7.14. The molecule has 1 aromatic carbocycles.